The molecular weight excluding hydrogens is 447 g/mol. The van der Waals surface area contributed by atoms with Crippen molar-refractivity contribution in [1.82, 2.24) is 20.1 Å². The van der Waals surface area contributed by atoms with E-state index in [1.165, 1.54) is 23.5 Å². The number of carbonyl (C=O) groups excluding carboxylic acids is 2. The molecular formula is C22H15FN6O3S. The minimum Gasteiger partial charge on any atom is -0.364 e. The Balaban J connectivity index is 1.48. The Morgan fingerprint density at radius 1 is 1.12 bits per heavy atom. The third kappa shape index (κ3) is 3.85. The second-order valence-electron chi connectivity index (χ2n) is 7.17. The first-order valence-corrected chi connectivity index (χ1v) is 10.6. The minimum absolute atomic E-state index is 0.200. The monoisotopic (exact) mass is 462 g/mol. The molecule has 9 nitrogen and oxygen atoms in total. The molecule has 5 aromatic rings. The highest BCUT2D eigenvalue weighted by molar-refractivity contribution is 7.14. The second kappa shape index (κ2) is 7.95. The molecule has 0 saturated heterocycles. The van der Waals surface area contributed by atoms with E-state index in [0.29, 0.717) is 44.3 Å². The molecule has 0 atom stereocenters. The Bertz CT molecular complexity index is 1520. The van der Waals surface area contributed by atoms with Crippen molar-refractivity contribution in [3.05, 3.63) is 70.7 Å². The number of nitrogens with one attached hydrogen (secondary N) is 2. The van der Waals surface area contributed by atoms with E-state index in [4.69, 9.17) is 10.3 Å². The SMILES string of the molecule is Cc1noc2nc(-c3ccc(F)cc3)cc(C(=O)Nc3nc(-c4c[nH]c(C(N)=O)c4)cs3)c12. The van der Waals surface area contributed by atoms with Crippen LogP contribution in [-0.2, 0) is 0 Å². The molecule has 4 N–H and O–H groups in total. The molecule has 0 bridgehead atoms. The van der Waals surface area contributed by atoms with E-state index < -0.39 is 11.8 Å². The number of halogens is 1. The van der Waals surface area contributed by atoms with Gasteiger partial charge in [0.25, 0.3) is 17.5 Å². The van der Waals surface area contributed by atoms with Crippen molar-refractivity contribution in [3.8, 4) is 22.5 Å². The maximum absolute atomic E-state index is 13.3. The molecule has 0 aliphatic heterocycles. The number of H-pyrrole nitrogens is 1. The zero-order valence-electron chi connectivity index (χ0n) is 17.0. The Hall–Kier alpha value is -4.38. The van der Waals surface area contributed by atoms with Crippen LogP contribution in [0.25, 0.3) is 33.6 Å². The van der Waals surface area contributed by atoms with Crippen molar-refractivity contribution >= 4 is 39.4 Å². The molecule has 0 aliphatic rings. The van der Waals surface area contributed by atoms with Gasteiger partial charge in [-0.05, 0) is 43.3 Å². The highest BCUT2D eigenvalue weighted by Gasteiger charge is 2.21. The third-order valence-corrected chi connectivity index (χ3v) is 5.73. The van der Waals surface area contributed by atoms with Crippen LogP contribution in [0.1, 0.15) is 26.5 Å². The summed E-state index contributed by atoms with van der Waals surface area (Å²) >= 11 is 1.23. The molecule has 5 rings (SSSR count). The number of carbonyl (C=O) groups is 2. The number of nitrogens with zero attached hydrogens (tertiary/aromatic N) is 3. The average Bonchev–Trinajstić information content (AvgIpc) is 3.54. The quantitative estimate of drug-likeness (QED) is 0.359. The molecule has 0 saturated carbocycles. The Morgan fingerprint density at radius 2 is 1.91 bits per heavy atom. The predicted molar refractivity (Wildman–Crippen MR) is 120 cm³/mol. The van der Waals surface area contributed by atoms with Gasteiger partial charge in [0.15, 0.2) is 5.13 Å². The first kappa shape index (κ1) is 20.5. The van der Waals surface area contributed by atoms with Gasteiger partial charge in [-0.1, -0.05) is 5.16 Å². The van der Waals surface area contributed by atoms with E-state index in [1.54, 1.807) is 42.8 Å². The Labute approximate surface area is 189 Å². The molecule has 4 aromatic heterocycles. The fraction of sp³-hybridized carbons (Fsp3) is 0.0455. The summed E-state index contributed by atoms with van der Waals surface area (Å²) in [5.74, 6) is -1.38. The van der Waals surface area contributed by atoms with Gasteiger partial charge >= 0.3 is 0 Å². The van der Waals surface area contributed by atoms with Crippen molar-refractivity contribution in [2.45, 2.75) is 6.92 Å². The fourth-order valence-corrected chi connectivity index (χ4v) is 4.07. The second-order valence-corrected chi connectivity index (χ2v) is 8.03. The number of aryl methyl sites for hydroxylation is 1. The van der Waals surface area contributed by atoms with Crippen LogP contribution in [0.4, 0.5) is 9.52 Å². The number of amides is 2. The van der Waals surface area contributed by atoms with Crippen molar-refractivity contribution in [3.63, 3.8) is 0 Å². The number of pyridine rings is 1. The summed E-state index contributed by atoms with van der Waals surface area (Å²) in [5, 5.41) is 9.30. The Morgan fingerprint density at radius 3 is 2.64 bits per heavy atom. The standard InChI is InChI=1S/C22H15FN6O3S/c1-10-18-14(7-15(26-21(18)32-29-10)11-2-4-13(23)5-3-11)20(31)28-22-27-17(9-33-22)12-6-16(19(24)30)25-8-12/h2-9,25H,1H3,(H2,24,30)(H,27,28,31). The van der Waals surface area contributed by atoms with Gasteiger partial charge in [-0.15, -0.1) is 11.3 Å². The van der Waals surface area contributed by atoms with Crippen LogP contribution >= 0.6 is 11.3 Å². The van der Waals surface area contributed by atoms with E-state index in [-0.39, 0.29) is 17.2 Å². The third-order valence-electron chi connectivity index (χ3n) is 4.97. The molecule has 0 radical (unpaired) electrons. The van der Waals surface area contributed by atoms with Crippen molar-refractivity contribution in [2.75, 3.05) is 5.32 Å². The van der Waals surface area contributed by atoms with Crippen LogP contribution in [0, 0.1) is 12.7 Å². The number of primary amides is 1. The zero-order valence-corrected chi connectivity index (χ0v) is 17.9. The summed E-state index contributed by atoms with van der Waals surface area (Å²) in [7, 11) is 0. The van der Waals surface area contributed by atoms with Crippen molar-refractivity contribution < 1.29 is 18.5 Å². The molecule has 1 aromatic carbocycles. The summed E-state index contributed by atoms with van der Waals surface area (Å²) < 4.78 is 18.6. The lowest BCUT2D eigenvalue weighted by Crippen LogP contribution is -2.13. The average molecular weight is 462 g/mol. The summed E-state index contributed by atoms with van der Waals surface area (Å²) in [5.41, 5.74) is 8.85. The first-order chi connectivity index (χ1) is 15.9. The van der Waals surface area contributed by atoms with E-state index in [1.807, 2.05) is 0 Å². The van der Waals surface area contributed by atoms with Gasteiger partial charge < -0.3 is 15.2 Å². The maximum Gasteiger partial charge on any atom is 0.265 e. The summed E-state index contributed by atoms with van der Waals surface area (Å²) in [6.07, 6.45) is 1.61. The largest absolute Gasteiger partial charge is 0.364 e. The molecule has 4 heterocycles. The zero-order chi connectivity index (χ0) is 23.1. The number of nitrogens with two attached hydrogens (primary N) is 1. The highest BCUT2D eigenvalue weighted by atomic mass is 32.1. The normalized spacial score (nSPS) is 11.1. The van der Waals surface area contributed by atoms with Gasteiger partial charge in [0.1, 0.15) is 11.5 Å². The summed E-state index contributed by atoms with van der Waals surface area (Å²) in [4.78, 5) is 36.1. The number of rotatable bonds is 5. The van der Waals surface area contributed by atoms with Crippen molar-refractivity contribution in [2.24, 2.45) is 5.73 Å². The number of aromatic nitrogens is 4. The lowest BCUT2D eigenvalue weighted by Gasteiger charge is -2.07. The number of hydrogen-bond donors (Lipinski definition) is 3. The Kier molecular flexibility index (Phi) is 4.94. The van der Waals surface area contributed by atoms with Gasteiger partial charge in [-0.25, -0.2) is 14.4 Å². The molecule has 0 spiro atoms. The molecule has 2 amide bonds. The van der Waals surface area contributed by atoms with Gasteiger partial charge in [-0.2, -0.15) is 0 Å². The summed E-state index contributed by atoms with van der Waals surface area (Å²) in [6, 6.07) is 8.96. The summed E-state index contributed by atoms with van der Waals surface area (Å²) in [6.45, 7) is 1.71. The van der Waals surface area contributed by atoms with Gasteiger partial charge in [0.2, 0.25) is 0 Å². The smallest absolute Gasteiger partial charge is 0.265 e. The van der Waals surface area contributed by atoms with E-state index in [0.717, 1.165) is 0 Å². The minimum atomic E-state index is -0.576. The van der Waals surface area contributed by atoms with Crippen LogP contribution in [0.2, 0.25) is 0 Å². The topological polar surface area (TPSA) is 140 Å². The number of benzene rings is 1. The van der Waals surface area contributed by atoms with Crippen LogP contribution in [-0.4, -0.2) is 31.9 Å². The number of hydrogen-bond acceptors (Lipinski definition) is 7. The molecule has 0 unspecified atom stereocenters. The lowest BCUT2D eigenvalue weighted by atomic mass is 10.1. The van der Waals surface area contributed by atoms with E-state index in [2.05, 4.69) is 25.4 Å². The van der Waals surface area contributed by atoms with Gasteiger partial charge in [-0.3, -0.25) is 14.9 Å². The number of aromatic amines is 1. The fourth-order valence-electron chi connectivity index (χ4n) is 3.36. The van der Waals surface area contributed by atoms with Crippen LogP contribution in [0.15, 0.2) is 52.5 Å². The molecule has 0 fully saturated rings. The van der Waals surface area contributed by atoms with E-state index >= 15 is 0 Å². The number of anilines is 1. The number of fused-ring (bicyclic) bond motifs is 1. The molecule has 33 heavy (non-hydrogen) atoms. The van der Waals surface area contributed by atoms with Gasteiger partial charge in [0, 0.05) is 22.7 Å². The highest BCUT2D eigenvalue weighted by Crippen LogP contribution is 2.29. The van der Waals surface area contributed by atoms with Crippen molar-refractivity contribution in [1.29, 1.82) is 0 Å². The number of thiazole rings is 1. The lowest BCUT2D eigenvalue weighted by molar-refractivity contribution is 0.0994. The molecule has 0 aliphatic carbocycles. The predicted octanol–water partition coefficient (Wildman–Crippen LogP) is 4.14. The molecule has 11 heteroatoms. The van der Waals surface area contributed by atoms with Crippen LogP contribution < -0.4 is 11.1 Å². The van der Waals surface area contributed by atoms with Gasteiger partial charge in [0.05, 0.1) is 28.0 Å². The first-order valence-electron chi connectivity index (χ1n) is 9.67. The van der Waals surface area contributed by atoms with E-state index in [9.17, 15) is 14.0 Å². The van der Waals surface area contributed by atoms with Crippen LogP contribution in [0.3, 0.4) is 0 Å². The molecule has 164 valence electrons. The maximum atomic E-state index is 13.3. The van der Waals surface area contributed by atoms with Crippen LogP contribution in [0.5, 0.6) is 0 Å².